The van der Waals surface area contributed by atoms with Crippen LogP contribution in [0.4, 0.5) is 0 Å². The zero-order valence-corrected chi connectivity index (χ0v) is 12.0. The maximum absolute atomic E-state index is 5.42. The SMILES string of the molecule is COCCOCCNC(C)c1ccc(C)c(C)c1. The topological polar surface area (TPSA) is 30.5 Å². The van der Waals surface area contributed by atoms with Gasteiger partial charge in [0.15, 0.2) is 0 Å². The molecule has 1 rings (SSSR count). The molecule has 0 bridgehead atoms. The van der Waals surface area contributed by atoms with Crippen LogP contribution >= 0.6 is 0 Å². The summed E-state index contributed by atoms with van der Waals surface area (Å²) in [5.41, 5.74) is 4.02. The van der Waals surface area contributed by atoms with Crippen LogP contribution < -0.4 is 5.32 Å². The smallest absolute Gasteiger partial charge is 0.0700 e. The first-order valence-electron chi connectivity index (χ1n) is 6.52. The minimum Gasteiger partial charge on any atom is -0.382 e. The quantitative estimate of drug-likeness (QED) is 0.720. The monoisotopic (exact) mass is 251 g/mol. The Morgan fingerprint density at radius 1 is 1.11 bits per heavy atom. The van der Waals surface area contributed by atoms with E-state index < -0.39 is 0 Å². The summed E-state index contributed by atoms with van der Waals surface area (Å²) in [6, 6.07) is 6.97. The molecule has 102 valence electrons. The Balaban J connectivity index is 2.27. The molecule has 0 saturated heterocycles. The van der Waals surface area contributed by atoms with Gasteiger partial charge in [-0.1, -0.05) is 18.2 Å². The Morgan fingerprint density at radius 3 is 2.56 bits per heavy atom. The van der Waals surface area contributed by atoms with E-state index in [2.05, 4.69) is 44.3 Å². The predicted octanol–water partition coefficient (Wildman–Crippen LogP) is 2.62. The summed E-state index contributed by atoms with van der Waals surface area (Å²) in [6.45, 7) is 9.37. The molecule has 0 radical (unpaired) electrons. The van der Waals surface area contributed by atoms with Crippen LogP contribution in [0.3, 0.4) is 0 Å². The van der Waals surface area contributed by atoms with Gasteiger partial charge in [-0.2, -0.15) is 0 Å². The Morgan fingerprint density at radius 2 is 1.89 bits per heavy atom. The highest BCUT2D eigenvalue weighted by molar-refractivity contribution is 5.31. The lowest BCUT2D eigenvalue weighted by molar-refractivity contribution is 0.0712. The molecule has 1 atom stereocenters. The first-order chi connectivity index (χ1) is 8.65. The van der Waals surface area contributed by atoms with E-state index >= 15 is 0 Å². The first kappa shape index (κ1) is 15.2. The molecule has 0 spiro atoms. The summed E-state index contributed by atoms with van der Waals surface area (Å²) >= 11 is 0. The standard InChI is InChI=1S/C15H25NO2/c1-12-5-6-15(11-13(12)2)14(3)16-7-8-18-10-9-17-4/h5-6,11,14,16H,7-10H2,1-4H3. The average Bonchev–Trinajstić information content (AvgIpc) is 2.36. The van der Waals surface area contributed by atoms with Crippen LogP contribution in [0.25, 0.3) is 0 Å². The molecule has 0 heterocycles. The highest BCUT2D eigenvalue weighted by Crippen LogP contribution is 2.16. The number of hydrogen-bond acceptors (Lipinski definition) is 3. The van der Waals surface area contributed by atoms with Gasteiger partial charge < -0.3 is 14.8 Å². The lowest BCUT2D eigenvalue weighted by atomic mass is 10.0. The number of methoxy groups -OCH3 is 1. The molecular formula is C15H25NO2. The zero-order valence-electron chi connectivity index (χ0n) is 12.0. The molecule has 0 saturated carbocycles. The van der Waals surface area contributed by atoms with Crippen LogP contribution in [-0.4, -0.2) is 33.5 Å². The van der Waals surface area contributed by atoms with Crippen LogP contribution in [0.1, 0.15) is 29.7 Å². The molecule has 0 aliphatic carbocycles. The second-order valence-corrected chi connectivity index (χ2v) is 4.62. The highest BCUT2D eigenvalue weighted by atomic mass is 16.5. The Hall–Kier alpha value is -0.900. The number of benzene rings is 1. The molecular weight excluding hydrogens is 226 g/mol. The minimum absolute atomic E-state index is 0.357. The highest BCUT2D eigenvalue weighted by Gasteiger charge is 2.05. The van der Waals surface area contributed by atoms with Crippen LogP contribution in [0.5, 0.6) is 0 Å². The van der Waals surface area contributed by atoms with Crippen molar-refractivity contribution >= 4 is 0 Å². The number of rotatable bonds is 8. The van der Waals surface area contributed by atoms with Crippen molar-refractivity contribution in [2.45, 2.75) is 26.8 Å². The van der Waals surface area contributed by atoms with Crippen molar-refractivity contribution in [2.75, 3.05) is 33.5 Å². The first-order valence-corrected chi connectivity index (χ1v) is 6.52. The molecule has 3 heteroatoms. The number of aryl methyl sites for hydroxylation is 2. The molecule has 18 heavy (non-hydrogen) atoms. The summed E-state index contributed by atoms with van der Waals surface area (Å²) in [7, 11) is 1.68. The van der Waals surface area contributed by atoms with Gasteiger partial charge in [-0.05, 0) is 37.5 Å². The molecule has 1 aromatic carbocycles. The lowest BCUT2D eigenvalue weighted by Gasteiger charge is -2.15. The summed E-state index contributed by atoms with van der Waals surface area (Å²) < 4.78 is 10.3. The van der Waals surface area contributed by atoms with Crippen LogP contribution in [-0.2, 0) is 9.47 Å². The third kappa shape index (κ3) is 5.17. The third-order valence-electron chi connectivity index (χ3n) is 3.16. The Kier molecular flexibility index (Phi) is 6.94. The van der Waals surface area contributed by atoms with E-state index in [1.165, 1.54) is 16.7 Å². The largest absolute Gasteiger partial charge is 0.382 e. The van der Waals surface area contributed by atoms with Crippen molar-refractivity contribution in [3.63, 3.8) is 0 Å². The summed E-state index contributed by atoms with van der Waals surface area (Å²) in [5.74, 6) is 0. The van der Waals surface area contributed by atoms with Crippen LogP contribution in [0.15, 0.2) is 18.2 Å². The molecule has 0 aromatic heterocycles. The normalized spacial score (nSPS) is 12.7. The molecule has 1 aromatic rings. The molecule has 0 amide bonds. The van der Waals surface area contributed by atoms with Gasteiger partial charge in [-0.3, -0.25) is 0 Å². The van der Waals surface area contributed by atoms with Crippen molar-refractivity contribution in [2.24, 2.45) is 0 Å². The van der Waals surface area contributed by atoms with Crippen molar-refractivity contribution in [3.05, 3.63) is 34.9 Å². The Labute approximate surface area is 110 Å². The molecule has 1 unspecified atom stereocenters. The van der Waals surface area contributed by atoms with E-state index in [9.17, 15) is 0 Å². The van der Waals surface area contributed by atoms with E-state index in [-0.39, 0.29) is 0 Å². The van der Waals surface area contributed by atoms with Gasteiger partial charge in [-0.25, -0.2) is 0 Å². The van der Waals surface area contributed by atoms with Gasteiger partial charge in [0.2, 0.25) is 0 Å². The maximum atomic E-state index is 5.42. The number of ether oxygens (including phenoxy) is 2. The van der Waals surface area contributed by atoms with Crippen molar-refractivity contribution < 1.29 is 9.47 Å². The second-order valence-electron chi connectivity index (χ2n) is 4.62. The molecule has 0 aliphatic rings. The van der Waals surface area contributed by atoms with E-state index in [1.807, 2.05) is 0 Å². The van der Waals surface area contributed by atoms with Gasteiger partial charge in [0.05, 0.1) is 19.8 Å². The van der Waals surface area contributed by atoms with E-state index in [4.69, 9.17) is 9.47 Å². The minimum atomic E-state index is 0.357. The predicted molar refractivity (Wildman–Crippen MR) is 75.0 cm³/mol. The zero-order chi connectivity index (χ0) is 13.4. The fraction of sp³-hybridized carbons (Fsp3) is 0.600. The fourth-order valence-electron chi connectivity index (χ4n) is 1.74. The number of hydrogen-bond donors (Lipinski definition) is 1. The Bertz CT molecular complexity index is 352. The van der Waals surface area contributed by atoms with Crippen LogP contribution in [0, 0.1) is 13.8 Å². The van der Waals surface area contributed by atoms with Crippen LogP contribution in [0.2, 0.25) is 0 Å². The average molecular weight is 251 g/mol. The van der Waals surface area contributed by atoms with Crippen molar-refractivity contribution in [1.82, 2.24) is 5.32 Å². The van der Waals surface area contributed by atoms with Crippen molar-refractivity contribution in [1.29, 1.82) is 0 Å². The molecule has 0 aliphatic heterocycles. The van der Waals surface area contributed by atoms with Gasteiger partial charge in [0.25, 0.3) is 0 Å². The van der Waals surface area contributed by atoms with Crippen molar-refractivity contribution in [3.8, 4) is 0 Å². The van der Waals surface area contributed by atoms with Gasteiger partial charge in [-0.15, -0.1) is 0 Å². The summed E-state index contributed by atoms with van der Waals surface area (Å²) in [5, 5.41) is 3.46. The second kappa shape index (κ2) is 8.25. The lowest BCUT2D eigenvalue weighted by Crippen LogP contribution is -2.24. The van der Waals surface area contributed by atoms with E-state index in [0.29, 0.717) is 19.3 Å². The number of nitrogens with one attached hydrogen (secondary N) is 1. The fourth-order valence-corrected chi connectivity index (χ4v) is 1.74. The molecule has 0 fully saturated rings. The molecule has 3 nitrogen and oxygen atoms in total. The third-order valence-corrected chi connectivity index (χ3v) is 3.16. The van der Waals surface area contributed by atoms with Gasteiger partial charge >= 0.3 is 0 Å². The molecule has 1 N–H and O–H groups in total. The van der Waals surface area contributed by atoms with E-state index in [1.54, 1.807) is 7.11 Å². The van der Waals surface area contributed by atoms with Gasteiger partial charge in [0, 0.05) is 19.7 Å². The summed E-state index contributed by atoms with van der Waals surface area (Å²) in [4.78, 5) is 0. The van der Waals surface area contributed by atoms with Gasteiger partial charge in [0.1, 0.15) is 0 Å². The van der Waals surface area contributed by atoms with E-state index in [0.717, 1.165) is 13.2 Å². The summed E-state index contributed by atoms with van der Waals surface area (Å²) in [6.07, 6.45) is 0. The maximum Gasteiger partial charge on any atom is 0.0700 e.